The standard InChI is InChI=1S/C22H16Cl2N4O3/c1-12-8-14(13(2)27(12)19-10-15(23)5-6-18(19)24)9-17-20(29)26-22(31)28(21(17)30)16-4-3-7-25-11-16/h3-11H,1-2H3,(H,26,29,31)/b17-9+. The van der Waals surface area contributed by atoms with E-state index in [0.29, 0.717) is 21.3 Å². The third kappa shape index (κ3) is 3.73. The summed E-state index contributed by atoms with van der Waals surface area (Å²) in [5.74, 6) is -1.49. The first-order valence-electron chi connectivity index (χ1n) is 9.24. The fraction of sp³-hybridized carbons (Fsp3) is 0.0909. The fourth-order valence-electron chi connectivity index (χ4n) is 3.50. The summed E-state index contributed by atoms with van der Waals surface area (Å²) in [6, 6.07) is 9.29. The van der Waals surface area contributed by atoms with Gasteiger partial charge in [-0.05, 0) is 61.9 Å². The quantitative estimate of drug-likeness (QED) is 0.467. The molecule has 0 bridgehead atoms. The highest BCUT2D eigenvalue weighted by atomic mass is 35.5. The molecule has 1 N–H and O–H groups in total. The van der Waals surface area contributed by atoms with Crippen molar-refractivity contribution in [1.82, 2.24) is 14.9 Å². The van der Waals surface area contributed by atoms with Crippen molar-refractivity contribution in [1.29, 1.82) is 0 Å². The Morgan fingerprint density at radius 1 is 1.06 bits per heavy atom. The largest absolute Gasteiger partial charge is 0.336 e. The lowest BCUT2D eigenvalue weighted by Crippen LogP contribution is -2.54. The van der Waals surface area contributed by atoms with Gasteiger partial charge in [-0.1, -0.05) is 23.2 Å². The summed E-state index contributed by atoms with van der Waals surface area (Å²) in [6.45, 7) is 3.71. The van der Waals surface area contributed by atoms with Crippen LogP contribution in [0.2, 0.25) is 10.0 Å². The lowest BCUT2D eigenvalue weighted by Gasteiger charge is -2.26. The average molecular weight is 455 g/mol. The molecule has 0 saturated carbocycles. The van der Waals surface area contributed by atoms with Crippen LogP contribution in [0.4, 0.5) is 10.5 Å². The average Bonchev–Trinajstić information content (AvgIpc) is 3.00. The molecule has 7 nitrogen and oxygen atoms in total. The van der Waals surface area contributed by atoms with Crippen molar-refractivity contribution in [3.8, 4) is 5.69 Å². The zero-order chi connectivity index (χ0) is 22.3. The number of hydrogen-bond acceptors (Lipinski definition) is 4. The van der Waals surface area contributed by atoms with Gasteiger partial charge >= 0.3 is 6.03 Å². The second-order valence-corrected chi connectivity index (χ2v) is 7.77. The first-order chi connectivity index (χ1) is 14.8. The number of carbonyl (C=O) groups is 3. The van der Waals surface area contributed by atoms with E-state index in [0.717, 1.165) is 16.3 Å². The van der Waals surface area contributed by atoms with E-state index in [1.54, 1.807) is 30.3 Å². The van der Waals surface area contributed by atoms with Crippen LogP contribution in [0.1, 0.15) is 17.0 Å². The van der Waals surface area contributed by atoms with E-state index in [-0.39, 0.29) is 11.3 Å². The first kappa shape index (κ1) is 20.8. The summed E-state index contributed by atoms with van der Waals surface area (Å²) < 4.78 is 1.88. The molecular weight excluding hydrogens is 439 g/mol. The van der Waals surface area contributed by atoms with Gasteiger partial charge in [0.2, 0.25) is 0 Å². The van der Waals surface area contributed by atoms with Crippen molar-refractivity contribution in [2.75, 3.05) is 4.90 Å². The molecule has 4 rings (SSSR count). The van der Waals surface area contributed by atoms with Gasteiger partial charge in [0, 0.05) is 22.6 Å². The number of anilines is 1. The molecule has 0 radical (unpaired) electrons. The van der Waals surface area contributed by atoms with E-state index in [1.165, 1.54) is 18.5 Å². The summed E-state index contributed by atoms with van der Waals surface area (Å²) in [5, 5.41) is 3.24. The minimum atomic E-state index is -0.823. The molecule has 3 heterocycles. The van der Waals surface area contributed by atoms with Crippen molar-refractivity contribution in [3.63, 3.8) is 0 Å². The Labute approximate surface area is 187 Å². The monoisotopic (exact) mass is 454 g/mol. The molecule has 0 aliphatic carbocycles. The van der Waals surface area contributed by atoms with Gasteiger partial charge in [0.25, 0.3) is 11.8 Å². The summed E-state index contributed by atoms with van der Waals surface area (Å²) in [7, 11) is 0. The van der Waals surface area contributed by atoms with E-state index in [4.69, 9.17) is 23.2 Å². The number of imide groups is 2. The molecule has 3 aromatic rings. The molecule has 0 atom stereocenters. The maximum Gasteiger partial charge on any atom is 0.336 e. The number of pyridine rings is 1. The van der Waals surface area contributed by atoms with Crippen LogP contribution >= 0.6 is 23.2 Å². The number of amides is 4. The first-order valence-corrected chi connectivity index (χ1v) is 9.99. The zero-order valence-electron chi connectivity index (χ0n) is 16.5. The van der Waals surface area contributed by atoms with Crippen molar-refractivity contribution >= 4 is 52.8 Å². The second-order valence-electron chi connectivity index (χ2n) is 6.93. The number of rotatable bonds is 3. The van der Waals surface area contributed by atoms with Gasteiger partial charge < -0.3 is 4.57 Å². The van der Waals surface area contributed by atoms with Gasteiger partial charge in [0.1, 0.15) is 5.57 Å². The van der Waals surface area contributed by atoms with Crippen LogP contribution in [-0.2, 0) is 9.59 Å². The third-order valence-corrected chi connectivity index (χ3v) is 5.48. The van der Waals surface area contributed by atoms with Gasteiger partial charge in [-0.15, -0.1) is 0 Å². The number of nitrogens with zero attached hydrogens (tertiary/aromatic N) is 3. The summed E-state index contributed by atoms with van der Waals surface area (Å²) in [4.78, 5) is 42.6. The number of hydrogen-bond donors (Lipinski definition) is 1. The molecule has 1 fully saturated rings. The number of aryl methyl sites for hydroxylation is 1. The fourth-order valence-corrected chi connectivity index (χ4v) is 3.86. The number of halogens is 2. The number of urea groups is 1. The number of aromatic nitrogens is 2. The van der Waals surface area contributed by atoms with Gasteiger partial charge in [-0.25, -0.2) is 9.69 Å². The van der Waals surface area contributed by atoms with E-state index in [9.17, 15) is 14.4 Å². The molecule has 1 aliphatic rings. The highest BCUT2D eigenvalue weighted by molar-refractivity contribution is 6.39. The van der Waals surface area contributed by atoms with Crippen LogP contribution in [0.25, 0.3) is 11.8 Å². The molecule has 4 amide bonds. The topological polar surface area (TPSA) is 84.3 Å². The van der Waals surface area contributed by atoms with Crippen molar-refractivity contribution in [2.24, 2.45) is 0 Å². The smallest absolute Gasteiger partial charge is 0.316 e. The second kappa shape index (κ2) is 8.02. The molecule has 9 heteroatoms. The molecule has 2 aromatic heterocycles. The van der Waals surface area contributed by atoms with Gasteiger partial charge in [0.05, 0.1) is 22.6 Å². The molecule has 31 heavy (non-hydrogen) atoms. The number of carbonyl (C=O) groups excluding carboxylic acids is 3. The Balaban J connectivity index is 1.79. The lowest BCUT2D eigenvalue weighted by molar-refractivity contribution is -0.122. The molecule has 1 aromatic carbocycles. The summed E-state index contributed by atoms with van der Waals surface area (Å²) in [6.07, 6.45) is 4.36. The molecule has 0 unspecified atom stereocenters. The predicted molar refractivity (Wildman–Crippen MR) is 119 cm³/mol. The third-order valence-electron chi connectivity index (χ3n) is 4.93. The maximum atomic E-state index is 13.0. The van der Waals surface area contributed by atoms with Gasteiger partial charge in [0.15, 0.2) is 0 Å². The molecular formula is C22H16Cl2N4O3. The van der Waals surface area contributed by atoms with Gasteiger partial charge in [-0.3, -0.25) is 19.9 Å². The molecule has 1 aliphatic heterocycles. The van der Waals surface area contributed by atoms with E-state index in [1.807, 2.05) is 24.5 Å². The Morgan fingerprint density at radius 2 is 1.84 bits per heavy atom. The van der Waals surface area contributed by atoms with Crippen LogP contribution in [0, 0.1) is 13.8 Å². The highest BCUT2D eigenvalue weighted by Crippen LogP contribution is 2.30. The Hall–Kier alpha value is -3.42. The number of benzene rings is 1. The van der Waals surface area contributed by atoms with Crippen LogP contribution in [0.5, 0.6) is 0 Å². The lowest BCUT2D eigenvalue weighted by atomic mass is 10.1. The summed E-state index contributed by atoms with van der Waals surface area (Å²) >= 11 is 12.5. The Morgan fingerprint density at radius 3 is 2.55 bits per heavy atom. The van der Waals surface area contributed by atoms with Gasteiger partial charge in [-0.2, -0.15) is 0 Å². The van der Waals surface area contributed by atoms with E-state index < -0.39 is 17.8 Å². The van der Waals surface area contributed by atoms with Crippen molar-refractivity contribution < 1.29 is 14.4 Å². The van der Waals surface area contributed by atoms with E-state index >= 15 is 0 Å². The maximum absolute atomic E-state index is 13.0. The van der Waals surface area contributed by atoms with Crippen molar-refractivity contribution in [3.05, 3.63) is 81.4 Å². The van der Waals surface area contributed by atoms with E-state index in [2.05, 4.69) is 10.3 Å². The Bertz CT molecular complexity index is 1270. The molecule has 156 valence electrons. The minimum Gasteiger partial charge on any atom is -0.316 e. The SMILES string of the molecule is Cc1cc(/C=C2\C(=O)NC(=O)N(c3cccnc3)C2=O)c(C)n1-c1cc(Cl)ccc1Cl. The number of barbiturate groups is 1. The van der Waals surface area contributed by atoms with Crippen LogP contribution in [-0.4, -0.2) is 27.4 Å². The Kier molecular flexibility index (Phi) is 5.39. The highest BCUT2D eigenvalue weighted by Gasteiger charge is 2.37. The normalized spacial score (nSPS) is 15.5. The molecule has 1 saturated heterocycles. The van der Waals surface area contributed by atoms with Crippen LogP contribution in [0.3, 0.4) is 0 Å². The summed E-state index contributed by atoms with van der Waals surface area (Å²) in [5.41, 5.74) is 2.99. The predicted octanol–water partition coefficient (Wildman–Crippen LogP) is 4.46. The molecule has 0 spiro atoms. The number of nitrogens with one attached hydrogen (secondary N) is 1. The zero-order valence-corrected chi connectivity index (χ0v) is 18.0. The minimum absolute atomic E-state index is 0.166. The van der Waals surface area contributed by atoms with Crippen LogP contribution < -0.4 is 10.2 Å². The van der Waals surface area contributed by atoms with Crippen LogP contribution in [0.15, 0.2) is 54.4 Å². The van der Waals surface area contributed by atoms with Crippen molar-refractivity contribution in [2.45, 2.75) is 13.8 Å².